The molecule has 0 saturated carbocycles. The molecule has 3 heteroatoms. The fraction of sp³-hybridized carbons (Fsp3) is 0.320. The summed E-state index contributed by atoms with van der Waals surface area (Å²) >= 11 is 0. The first-order valence-electron chi connectivity index (χ1n) is 10.3. The van der Waals surface area contributed by atoms with E-state index < -0.39 is 0 Å². The van der Waals surface area contributed by atoms with Crippen LogP contribution in [0.5, 0.6) is 0 Å². The summed E-state index contributed by atoms with van der Waals surface area (Å²) in [5.74, 6) is 0.423. The van der Waals surface area contributed by atoms with Gasteiger partial charge in [0.05, 0.1) is 19.0 Å². The lowest BCUT2D eigenvalue weighted by atomic mass is 9.95. The van der Waals surface area contributed by atoms with E-state index in [2.05, 4.69) is 54.6 Å². The molecule has 4 rings (SSSR count). The molecular formula is C25H29N2O+. The SMILES string of the molecule is CN(Cc1ccccc1)C(=O)[C@H]1CCC[NH+](Cc2cccc3ccccc23)C1. The van der Waals surface area contributed by atoms with Crippen molar-refractivity contribution in [1.82, 2.24) is 4.90 Å². The highest BCUT2D eigenvalue weighted by Gasteiger charge is 2.30. The third-order valence-corrected chi connectivity index (χ3v) is 5.93. The lowest BCUT2D eigenvalue weighted by molar-refractivity contribution is -0.921. The Balaban J connectivity index is 1.42. The second kappa shape index (κ2) is 8.57. The number of nitrogens with zero attached hydrogens (tertiary/aromatic N) is 1. The topological polar surface area (TPSA) is 24.8 Å². The molecule has 2 atom stereocenters. The molecule has 1 unspecified atom stereocenters. The molecule has 0 aromatic heterocycles. The van der Waals surface area contributed by atoms with Crippen LogP contribution in [0.15, 0.2) is 72.8 Å². The third kappa shape index (κ3) is 4.26. The Kier molecular flexibility index (Phi) is 5.73. The fourth-order valence-electron chi connectivity index (χ4n) is 4.49. The first-order valence-corrected chi connectivity index (χ1v) is 10.3. The van der Waals surface area contributed by atoms with Gasteiger partial charge < -0.3 is 9.80 Å². The second-order valence-electron chi connectivity index (χ2n) is 8.04. The van der Waals surface area contributed by atoms with Gasteiger partial charge in [-0.25, -0.2) is 0 Å². The molecule has 1 aliphatic heterocycles. The van der Waals surface area contributed by atoms with Crippen LogP contribution in [-0.4, -0.2) is 30.9 Å². The second-order valence-corrected chi connectivity index (χ2v) is 8.04. The zero-order valence-corrected chi connectivity index (χ0v) is 16.6. The highest BCUT2D eigenvalue weighted by molar-refractivity contribution is 5.85. The largest absolute Gasteiger partial charge is 0.341 e. The van der Waals surface area contributed by atoms with Gasteiger partial charge in [0.2, 0.25) is 5.91 Å². The van der Waals surface area contributed by atoms with Gasteiger partial charge in [-0.1, -0.05) is 72.8 Å². The van der Waals surface area contributed by atoms with Crippen LogP contribution in [0.1, 0.15) is 24.0 Å². The van der Waals surface area contributed by atoms with E-state index >= 15 is 0 Å². The molecule has 1 aliphatic rings. The minimum Gasteiger partial charge on any atom is -0.341 e. The first kappa shape index (κ1) is 18.7. The normalized spacial score (nSPS) is 19.5. The van der Waals surface area contributed by atoms with E-state index in [0.717, 1.165) is 32.5 Å². The number of hydrogen-bond acceptors (Lipinski definition) is 1. The summed E-state index contributed by atoms with van der Waals surface area (Å²) in [6.45, 7) is 3.76. The minimum absolute atomic E-state index is 0.132. The van der Waals surface area contributed by atoms with Gasteiger partial charge in [-0.15, -0.1) is 0 Å². The molecule has 144 valence electrons. The minimum atomic E-state index is 0.132. The highest BCUT2D eigenvalue weighted by Crippen LogP contribution is 2.18. The molecule has 0 bridgehead atoms. The van der Waals surface area contributed by atoms with Gasteiger partial charge in [0.15, 0.2) is 0 Å². The molecular weight excluding hydrogens is 344 g/mol. The Labute approximate surface area is 167 Å². The number of rotatable bonds is 5. The van der Waals surface area contributed by atoms with Crippen LogP contribution in [0.3, 0.4) is 0 Å². The van der Waals surface area contributed by atoms with Crippen LogP contribution >= 0.6 is 0 Å². The van der Waals surface area contributed by atoms with Gasteiger partial charge in [-0.3, -0.25) is 4.79 Å². The predicted octanol–water partition coefficient (Wildman–Crippen LogP) is 3.29. The van der Waals surface area contributed by atoms with Crippen molar-refractivity contribution >= 4 is 16.7 Å². The number of amides is 1. The molecule has 1 fully saturated rings. The maximum absolute atomic E-state index is 13.0. The van der Waals surface area contributed by atoms with Gasteiger partial charge in [-0.2, -0.15) is 0 Å². The average Bonchev–Trinajstić information content (AvgIpc) is 2.74. The maximum Gasteiger partial charge on any atom is 0.231 e. The lowest BCUT2D eigenvalue weighted by Gasteiger charge is -2.32. The van der Waals surface area contributed by atoms with Crippen LogP contribution in [0, 0.1) is 5.92 Å². The summed E-state index contributed by atoms with van der Waals surface area (Å²) in [5.41, 5.74) is 2.58. The van der Waals surface area contributed by atoms with E-state index in [1.54, 1.807) is 0 Å². The molecule has 0 aliphatic carbocycles. The summed E-state index contributed by atoms with van der Waals surface area (Å²) in [5, 5.41) is 2.64. The van der Waals surface area contributed by atoms with Crippen molar-refractivity contribution in [2.24, 2.45) is 5.92 Å². The quantitative estimate of drug-likeness (QED) is 0.729. The van der Waals surface area contributed by atoms with E-state index in [1.807, 2.05) is 30.1 Å². The van der Waals surface area contributed by atoms with Crippen molar-refractivity contribution in [3.05, 3.63) is 83.9 Å². The van der Waals surface area contributed by atoms with Crippen LogP contribution in [0.4, 0.5) is 0 Å². The van der Waals surface area contributed by atoms with Crippen LogP contribution in [0.25, 0.3) is 10.8 Å². The number of hydrogen-bond donors (Lipinski definition) is 1. The lowest BCUT2D eigenvalue weighted by Crippen LogP contribution is -3.12. The third-order valence-electron chi connectivity index (χ3n) is 5.93. The summed E-state index contributed by atoms with van der Waals surface area (Å²) in [4.78, 5) is 16.5. The monoisotopic (exact) mass is 373 g/mol. The molecule has 3 aromatic carbocycles. The number of carbonyl (C=O) groups is 1. The molecule has 1 N–H and O–H groups in total. The number of carbonyl (C=O) groups excluding carboxylic acids is 1. The Morgan fingerprint density at radius 1 is 1.00 bits per heavy atom. The molecule has 0 radical (unpaired) electrons. The number of quaternary nitrogens is 1. The van der Waals surface area contributed by atoms with Crippen molar-refractivity contribution in [3.8, 4) is 0 Å². The van der Waals surface area contributed by atoms with E-state index in [0.29, 0.717) is 12.5 Å². The van der Waals surface area contributed by atoms with Crippen LogP contribution in [0.2, 0.25) is 0 Å². The standard InChI is InChI=1S/C25H28N2O/c1-26(17-20-9-3-2-4-10-20)25(28)23-14-8-16-27(19-23)18-22-13-7-12-21-11-5-6-15-24(21)22/h2-7,9-13,15,23H,8,14,16-19H2,1H3/p+1/t23-/m0/s1. The predicted molar refractivity (Wildman–Crippen MR) is 114 cm³/mol. The van der Waals surface area contributed by atoms with Crippen LogP contribution < -0.4 is 4.90 Å². The zero-order chi connectivity index (χ0) is 19.3. The Morgan fingerprint density at radius 3 is 2.61 bits per heavy atom. The Hall–Kier alpha value is -2.65. The zero-order valence-electron chi connectivity index (χ0n) is 16.6. The van der Waals surface area contributed by atoms with Crippen LogP contribution in [-0.2, 0) is 17.9 Å². The van der Waals surface area contributed by atoms with Crippen molar-refractivity contribution in [3.63, 3.8) is 0 Å². The van der Waals surface area contributed by atoms with Crippen molar-refractivity contribution in [2.45, 2.75) is 25.9 Å². The summed E-state index contributed by atoms with van der Waals surface area (Å²) in [6, 6.07) is 25.4. The van der Waals surface area contributed by atoms with Crippen molar-refractivity contribution in [2.75, 3.05) is 20.1 Å². The maximum atomic E-state index is 13.0. The fourth-order valence-corrected chi connectivity index (χ4v) is 4.49. The van der Waals surface area contributed by atoms with E-state index in [9.17, 15) is 4.79 Å². The van der Waals surface area contributed by atoms with E-state index in [1.165, 1.54) is 26.8 Å². The Bertz CT molecular complexity index is 932. The van der Waals surface area contributed by atoms with Gasteiger partial charge in [0.1, 0.15) is 6.54 Å². The van der Waals surface area contributed by atoms with Gasteiger partial charge in [0.25, 0.3) is 0 Å². The molecule has 0 spiro atoms. The molecule has 3 aromatic rings. The summed E-state index contributed by atoms with van der Waals surface area (Å²) in [7, 11) is 1.94. The number of piperidine rings is 1. The van der Waals surface area contributed by atoms with Crippen molar-refractivity contribution < 1.29 is 9.69 Å². The molecule has 3 nitrogen and oxygen atoms in total. The highest BCUT2D eigenvalue weighted by atomic mass is 16.2. The number of benzene rings is 3. The van der Waals surface area contributed by atoms with Crippen molar-refractivity contribution in [1.29, 1.82) is 0 Å². The van der Waals surface area contributed by atoms with Gasteiger partial charge in [-0.05, 0) is 29.2 Å². The van der Waals surface area contributed by atoms with Gasteiger partial charge >= 0.3 is 0 Å². The smallest absolute Gasteiger partial charge is 0.231 e. The average molecular weight is 374 g/mol. The van der Waals surface area contributed by atoms with E-state index in [-0.39, 0.29) is 5.92 Å². The summed E-state index contributed by atoms with van der Waals surface area (Å²) in [6.07, 6.45) is 2.13. The number of likely N-dealkylation sites (tertiary alicyclic amines) is 1. The number of nitrogens with one attached hydrogen (secondary N) is 1. The van der Waals surface area contributed by atoms with Gasteiger partial charge in [0, 0.05) is 19.2 Å². The molecule has 1 saturated heterocycles. The number of fused-ring (bicyclic) bond motifs is 1. The first-order chi connectivity index (χ1) is 13.7. The summed E-state index contributed by atoms with van der Waals surface area (Å²) < 4.78 is 0. The van der Waals surface area contributed by atoms with E-state index in [4.69, 9.17) is 0 Å². The molecule has 28 heavy (non-hydrogen) atoms. The molecule has 1 amide bonds. The Morgan fingerprint density at radius 2 is 1.75 bits per heavy atom. The molecule has 1 heterocycles.